The predicted molar refractivity (Wildman–Crippen MR) is 99.3 cm³/mol. The Labute approximate surface area is 152 Å². The van der Waals surface area contributed by atoms with Gasteiger partial charge in [0.1, 0.15) is 12.6 Å². The Balaban J connectivity index is 1.71. The van der Waals surface area contributed by atoms with Crippen LogP contribution in [-0.2, 0) is 16.1 Å². The minimum absolute atomic E-state index is 0.0976. The third kappa shape index (κ3) is 7.17. The van der Waals surface area contributed by atoms with E-state index in [0.29, 0.717) is 13.0 Å². The molecule has 6 heteroatoms. The van der Waals surface area contributed by atoms with E-state index in [1.165, 1.54) is 0 Å². The average molecular weight is 354 g/mol. The Morgan fingerprint density at radius 3 is 2.38 bits per heavy atom. The molecule has 0 aliphatic rings. The van der Waals surface area contributed by atoms with Gasteiger partial charge in [-0.15, -0.1) is 0 Å². The number of hydrogen-bond donors (Lipinski definition) is 2. The fourth-order valence-corrected chi connectivity index (χ4v) is 2.26. The summed E-state index contributed by atoms with van der Waals surface area (Å²) in [4.78, 5) is 27.3. The van der Waals surface area contributed by atoms with Crippen LogP contribution in [0.4, 0.5) is 4.79 Å². The first-order valence-corrected chi connectivity index (χ1v) is 8.40. The maximum Gasteiger partial charge on any atom is 0.408 e. The zero-order valence-electron chi connectivity index (χ0n) is 14.4. The summed E-state index contributed by atoms with van der Waals surface area (Å²) in [6.07, 6.45) is 1.83. The molecule has 0 spiro atoms. The molecule has 0 heterocycles. The van der Waals surface area contributed by atoms with Crippen LogP contribution in [0.1, 0.15) is 24.0 Å². The number of hydrogen-bond acceptors (Lipinski definition) is 4. The summed E-state index contributed by atoms with van der Waals surface area (Å²) < 4.78 is 5.05. The lowest BCUT2D eigenvalue weighted by molar-refractivity contribution is -0.139. The maximum absolute atomic E-state index is 11.8. The second-order valence-electron chi connectivity index (χ2n) is 5.69. The summed E-state index contributed by atoms with van der Waals surface area (Å²) in [5.41, 5.74) is 1.83. The number of amides is 1. The molecule has 2 aromatic carbocycles. The van der Waals surface area contributed by atoms with Crippen molar-refractivity contribution in [3.63, 3.8) is 0 Å². The van der Waals surface area contributed by atoms with Crippen molar-refractivity contribution in [3.05, 3.63) is 71.8 Å². The van der Waals surface area contributed by atoms with E-state index in [-0.39, 0.29) is 13.0 Å². The highest BCUT2D eigenvalue weighted by atomic mass is 16.5. The quantitative estimate of drug-likeness (QED) is 0.534. The molecule has 0 saturated heterocycles. The third-order valence-corrected chi connectivity index (χ3v) is 3.62. The summed E-state index contributed by atoms with van der Waals surface area (Å²) in [5, 5.41) is 11.6. The first kappa shape index (κ1) is 19.2. The first-order chi connectivity index (χ1) is 12.6. The van der Waals surface area contributed by atoms with Crippen LogP contribution < -0.4 is 5.32 Å². The Bertz CT molecular complexity index is 717. The molecule has 136 valence electrons. The lowest BCUT2D eigenvalue weighted by atomic mass is 10.1. The van der Waals surface area contributed by atoms with Crippen molar-refractivity contribution in [3.8, 4) is 0 Å². The second kappa shape index (κ2) is 10.7. The minimum atomic E-state index is -1.09. The largest absolute Gasteiger partial charge is 0.480 e. The van der Waals surface area contributed by atoms with Crippen molar-refractivity contribution in [1.82, 2.24) is 5.32 Å². The van der Waals surface area contributed by atoms with Gasteiger partial charge in [-0.1, -0.05) is 60.7 Å². The topological polar surface area (TPSA) is 88.0 Å². The maximum atomic E-state index is 11.8. The van der Waals surface area contributed by atoms with Crippen LogP contribution in [0.15, 0.2) is 65.7 Å². The Morgan fingerprint density at radius 1 is 1.08 bits per heavy atom. The molecule has 0 aliphatic carbocycles. The number of carbonyl (C=O) groups is 2. The van der Waals surface area contributed by atoms with Crippen LogP contribution in [0.3, 0.4) is 0 Å². The number of carbonyl (C=O) groups excluding carboxylic acids is 1. The van der Waals surface area contributed by atoms with Crippen molar-refractivity contribution in [2.24, 2.45) is 4.99 Å². The van der Waals surface area contributed by atoms with E-state index in [1.807, 2.05) is 60.7 Å². The number of rotatable bonds is 9. The third-order valence-electron chi connectivity index (χ3n) is 3.62. The van der Waals surface area contributed by atoms with Crippen LogP contribution in [0, 0.1) is 0 Å². The minimum Gasteiger partial charge on any atom is -0.480 e. The lowest BCUT2D eigenvalue weighted by Crippen LogP contribution is -2.41. The summed E-state index contributed by atoms with van der Waals surface area (Å²) in [5.74, 6) is -1.09. The standard InChI is InChI=1S/C20H22N2O4/c23-19(24)18(12-7-13-21-14-16-8-3-1-4-9-16)22-20(25)26-15-17-10-5-2-6-11-17/h1-6,8-11,14,18H,7,12-13,15H2,(H,22,25)(H,23,24)/t18-/m0/s1. The van der Waals surface area contributed by atoms with Crippen molar-refractivity contribution < 1.29 is 19.4 Å². The number of aliphatic imine (C=N–C) groups is 1. The van der Waals surface area contributed by atoms with Crippen molar-refractivity contribution in [2.75, 3.05) is 6.54 Å². The first-order valence-electron chi connectivity index (χ1n) is 8.40. The highest BCUT2D eigenvalue weighted by molar-refractivity contribution is 5.80. The smallest absolute Gasteiger partial charge is 0.408 e. The molecule has 0 radical (unpaired) electrons. The van der Waals surface area contributed by atoms with Crippen LogP contribution in [0.5, 0.6) is 0 Å². The number of alkyl carbamates (subject to hydrolysis) is 1. The molecular formula is C20H22N2O4. The van der Waals surface area contributed by atoms with Gasteiger partial charge in [0.05, 0.1) is 0 Å². The van der Waals surface area contributed by atoms with Gasteiger partial charge in [0, 0.05) is 12.8 Å². The second-order valence-corrected chi connectivity index (χ2v) is 5.69. The van der Waals surface area contributed by atoms with Crippen molar-refractivity contribution in [2.45, 2.75) is 25.5 Å². The number of benzene rings is 2. The Kier molecular flexibility index (Phi) is 7.86. The Hall–Kier alpha value is -3.15. The van der Waals surface area contributed by atoms with E-state index in [4.69, 9.17) is 4.74 Å². The van der Waals surface area contributed by atoms with Gasteiger partial charge in [-0.25, -0.2) is 9.59 Å². The van der Waals surface area contributed by atoms with E-state index in [9.17, 15) is 14.7 Å². The molecule has 0 bridgehead atoms. The molecule has 1 atom stereocenters. The summed E-state index contributed by atoms with van der Waals surface area (Å²) in [6.45, 7) is 0.583. The molecule has 26 heavy (non-hydrogen) atoms. The van der Waals surface area contributed by atoms with Gasteiger partial charge in [0.15, 0.2) is 0 Å². The number of carboxylic acid groups (broad SMARTS) is 1. The summed E-state index contributed by atoms with van der Waals surface area (Å²) in [7, 11) is 0. The number of nitrogens with one attached hydrogen (secondary N) is 1. The van der Waals surface area contributed by atoms with Gasteiger partial charge in [-0.3, -0.25) is 4.99 Å². The lowest BCUT2D eigenvalue weighted by Gasteiger charge is -2.14. The molecule has 6 nitrogen and oxygen atoms in total. The fourth-order valence-electron chi connectivity index (χ4n) is 2.26. The SMILES string of the molecule is O=C(N[C@@H](CCCN=Cc1ccccc1)C(=O)O)OCc1ccccc1. The zero-order valence-corrected chi connectivity index (χ0v) is 14.4. The monoisotopic (exact) mass is 354 g/mol. The Morgan fingerprint density at radius 2 is 1.73 bits per heavy atom. The van der Waals surface area contributed by atoms with Crippen molar-refractivity contribution in [1.29, 1.82) is 0 Å². The molecule has 0 saturated carbocycles. The van der Waals surface area contributed by atoms with Gasteiger partial charge >= 0.3 is 12.1 Å². The van der Waals surface area contributed by atoms with E-state index < -0.39 is 18.1 Å². The molecular weight excluding hydrogens is 332 g/mol. The van der Waals surface area contributed by atoms with Crippen LogP contribution in [-0.4, -0.2) is 36.0 Å². The van der Waals surface area contributed by atoms with Crippen molar-refractivity contribution >= 4 is 18.3 Å². The fraction of sp³-hybridized carbons (Fsp3) is 0.250. The van der Waals surface area contributed by atoms with Crippen LogP contribution in [0.25, 0.3) is 0 Å². The normalized spacial score (nSPS) is 11.8. The number of nitrogens with zero attached hydrogens (tertiary/aromatic N) is 1. The summed E-state index contributed by atoms with van der Waals surface area (Å²) in [6, 6.07) is 17.9. The van der Waals surface area contributed by atoms with Gasteiger partial charge in [-0.05, 0) is 24.0 Å². The van der Waals surface area contributed by atoms with Gasteiger partial charge in [-0.2, -0.15) is 0 Å². The van der Waals surface area contributed by atoms with Gasteiger partial charge in [0.25, 0.3) is 0 Å². The van der Waals surface area contributed by atoms with E-state index in [2.05, 4.69) is 10.3 Å². The number of ether oxygens (including phenoxy) is 1. The molecule has 0 unspecified atom stereocenters. The zero-order chi connectivity index (χ0) is 18.6. The van der Waals surface area contributed by atoms with Crippen LogP contribution in [0.2, 0.25) is 0 Å². The molecule has 1 amide bonds. The molecule has 2 aromatic rings. The predicted octanol–water partition coefficient (Wildman–Crippen LogP) is 3.27. The van der Waals surface area contributed by atoms with Gasteiger partial charge in [0.2, 0.25) is 0 Å². The molecule has 0 fully saturated rings. The molecule has 0 aliphatic heterocycles. The summed E-state index contributed by atoms with van der Waals surface area (Å²) >= 11 is 0. The molecule has 2 rings (SSSR count). The number of aliphatic carboxylic acids is 1. The van der Waals surface area contributed by atoms with E-state index >= 15 is 0 Å². The average Bonchev–Trinajstić information content (AvgIpc) is 2.66. The number of carboxylic acids is 1. The van der Waals surface area contributed by atoms with Crippen LogP contribution >= 0.6 is 0 Å². The van der Waals surface area contributed by atoms with E-state index in [0.717, 1.165) is 11.1 Å². The molecule has 0 aromatic heterocycles. The highest BCUT2D eigenvalue weighted by Gasteiger charge is 2.20. The molecule has 2 N–H and O–H groups in total. The highest BCUT2D eigenvalue weighted by Crippen LogP contribution is 2.03. The van der Waals surface area contributed by atoms with Gasteiger partial charge < -0.3 is 15.2 Å². The van der Waals surface area contributed by atoms with E-state index in [1.54, 1.807) is 6.21 Å².